The Hall–Kier alpha value is -2.34. The van der Waals surface area contributed by atoms with Crippen molar-refractivity contribution in [2.75, 3.05) is 0 Å². The minimum atomic E-state index is -0.0517. The van der Waals surface area contributed by atoms with Crippen LogP contribution >= 0.6 is 0 Å². The van der Waals surface area contributed by atoms with Gasteiger partial charge in [-0.25, -0.2) is 0 Å². The van der Waals surface area contributed by atoms with E-state index in [1.165, 1.54) is 16.7 Å². The second-order valence-corrected chi connectivity index (χ2v) is 6.07. The summed E-state index contributed by atoms with van der Waals surface area (Å²) in [7, 11) is 0. The SMILES string of the molecule is C[C@H](c1ccccc1)C(C)(c1ccccc1)c1ccccc1. The molecule has 0 bridgehead atoms. The van der Waals surface area contributed by atoms with Crippen LogP contribution in [0.1, 0.15) is 36.5 Å². The highest BCUT2D eigenvalue weighted by Gasteiger charge is 2.35. The molecule has 0 aliphatic heterocycles. The molecule has 0 unspecified atom stereocenters. The molecule has 0 aliphatic rings. The summed E-state index contributed by atoms with van der Waals surface area (Å²) >= 11 is 0. The fourth-order valence-electron chi connectivity index (χ4n) is 3.31. The summed E-state index contributed by atoms with van der Waals surface area (Å²) in [6.07, 6.45) is 0. The molecule has 0 heterocycles. The fourth-order valence-corrected chi connectivity index (χ4v) is 3.31. The van der Waals surface area contributed by atoms with Crippen LogP contribution in [0.4, 0.5) is 0 Å². The van der Waals surface area contributed by atoms with Crippen LogP contribution in [0, 0.1) is 0 Å². The summed E-state index contributed by atoms with van der Waals surface area (Å²) in [6.45, 7) is 4.69. The van der Waals surface area contributed by atoms with Gasteiger partial charge in [-0.15, -0.1) is 0 Å². The van der Waals surface area contributed by atoms with Gasteiger partial charge in [0.2, 0.25) is 0 Å². The molecular weight excluding hydrogens is 264 g/mol. The Labute approximate surface area is 133 Å². The number of hydrogen-bond donors (Lipinski definition) is 0. The van der Waals surface area contributed by atoms with Crippen molar-refractivity contribution in [3.05, 3.63) is 108 Å². The van der Waals surface area contributed by atoms with Crippen LogP contribution in [0.5, 0.6) is 0 Å². The zero-order valence-electron chi connectivity index (χ0n) is 13.2. The van der Waals surface area contributed by atoms with Gasteiger partial charge in [0.15, 0.2) is 0 Å². The van der Waals surface area contributed by atoms with Gasteiger partial charge in [0, 0.05) is 5.41 Å². The molecule has 0 spiro atoms. The lowest BCUT2D eigenvalue weighted by atomic mass is 9.66. The maximum Gasteiger partial charge on any atom is 0.0240 e. The zero-order chi connectivity index (χ0) is 15.4. The van der Waals surface area contributed by atoms with E-state index < -0.39 is 0 Å². The van der Waals surface area contributed by atoms with Gasteiger partial charge in [-0.1, -0.05) is 105 Å². The van der Waals surface area contributed by atoms with Crippen LogP contribution in [0.3, 0.4) is 0 Å². The summed E-state index contributed by atoms with van der Waals surface area (Å²) in [5.41, 5.74) is 4.04. The van der Waals surface area contributed by atoms with E-state index in [2.05, 4.69) is 105 Å². The normalized spacial score (nSPS) is 12.8. The first-order chi connectivity index (χ1) is 10.7. The summed E-state index contributed by atoms with van der Waals surface area (Å²) in [6, 6.07) is 32.5. The summed E-state index contributed by atoms with van der Waals surface area (Å²) in [5.74, 6) is 0.388. The summed E-state index contributed by atoms with van der Waals surface area (Å²) in [4.78, 5) is 0. The molecule has 0 aliphatic carbocycles. The van der Waals surface area contributed by atoms with Crippen molar-refractivity contribution in [1.82, 2.24) is 0 Å². The van der Waals surface area contributed by atoms with Crippen LogP contribution in [0.15, 0.2) is 91.0 Å². The monoisotopic (exact) mass is 286 g/mol. The highest BCUT2D eigenvalue weighted by molar-refractivity contribution is 5.43. The van der Waals surface area contributed by atoms with Crippen molar-refractivity contribution < 1.29 is 0 Å². The molecule has 0 fully saturated rings. The first kappa shape index (κ1) is 14.6. The molecule has 22 heavy (non-hydrogen) atoms. The van der Waals surface area contributed by atoms with Crippen LogP contribution in [-0.2, 0) is 5.41 Å². The minimum Gasteiger partial charge on any atom is -0.0622 e. The van der Waals surface area contributed by atoms with Crippen molar-refractivity contribution in [3.8, 4) is 0 Å². The third kappa shape index (κ3) is 2.57. The Morgan fingerprint density at radius 1 is 0.591 bits per heavy atom. The first-order valence-corrected chi connectivity index (χ1v) is 7.89. The second kappa shape index (κ2) is 6.19. The fraction of sp³-hybridized carbons (Fsp3) is 0.182. The third-order valence-corrected chi connectivity index (χ3v) is 4.91. The van der Waals surface area contributed by atoms with Gasteiger partial charge in [-0.3, -0.25) is 0 Å². The van der Waals surface area contributed by atoms with Gasteiger partial charge in [0.1, 0.15) is 0 Å². The smallest absolute Gasteiger partial charge is 0.0240 e. The van der Waals surface area contributed by atoms with Gasteiger partial charge >= 0.3 is 0 Å². The first-order valence-electron chi connectivity index (χ1n) is 7.89. The average Bonchev–Trinajstić information content (AvgIpc) is 2.62. The third-order valence-electron chi connectivity index (χ3n) is 4.91. The maximum absolute atomic E-state index is 2.36. The van der Waals surface area contributed by atoms with Gasteiger partial charge < -0.3 is 0 Å². The van der Waals surface area contributed by atoms with E-state index in [1.54, 1.807) is 0 Å². The molecule has 0 saturated carbocycles. The van der Waals surface area contributed by atoms with E-state index in [9.17, 15) is 0 Å². The number of benzene rings is 3. The van der Waals surface area contributed by atoms with Crippen molar-refractivity contribution in [2.24, 2.45) is 0 Å². The number of rotatable bonds is 4. The second-order valence-electron chi connectivity index (χ2n) is 6.07. The topological polar surface area (TPSA) is 0 Å². The van der Waals surface area contributed by atoms with Crippen molar-refractivity contribution in [3.63, 3.8) is 0 Å². The molecule has 0 N–H and O–H groups in total. The molecule has 0 aromatic heterocycles. The molecule has 1 atom stereocenters. The molecule has 3 aromatic rings. The van der Waals surface area contributed by atoms with E-state index in [4.69, 9.17) is 0 Å². The van der Waals surface area contributed by atoms with Gasteiger partial charge in [0.05, 0.1) is 0 Å². The van der Waals surface area contributed by atoms with E-state index in [0.717, 1.165) is 0 Å². The molecule has 0 nitrogen and oxygen atoms in total. The molecule has 0 amide bonds. The highest BCUT2D eigenvalue weighted by Crippen LogP contribution is 2.43. The van der Waals surface area contributed by atoms with E-state index >= 15 is 0 Å². The highest BCUT2D eigenvalue weighted by atomic mass is 14.4. The zero-order valence-corrected chi connectivity index (χ0v) is 13.2. The standard InChI is InChI=1S/C22H22/c1-18(19-12-6-3-7-13-19)22(2,20-14-8-4-9-15-20)21-16-10-5-11-17-21/h3-18H,1-2H3/t18-/m1/s1. The molecule has 3 rings (SSSR count). The van der Waals surface area contributed by atoms with Crippen molar-refractivity contribution in [2.45, 2.75) is 25.2 Å². The number of hydrogen-bond acceptors (Lipinski definition) is 0. The molecule has 0 heteroatoms. The molecule has 110 valence electrons. The predicted molar refractivity (Wildman–Crippen MR) is 94.2 cm³/mol. The Kier molecular flexibility index (Phi) is 4.11. The Bertz CT molecular complexity index is 659. The van der Waals surface area contributed by atoms with E-state index in [1.807, 2.05) is 0 Å². The van der Waals surface area contributed by atoms with E-state index in [-0.39, 0.29) is 5.41 Å². The van der Waals surface area contributed by atoms with Gasteiger partial charge in [-0.05, 0) is 22.6 Å². The molecule has 3 aromatic carbocycles. The van der Waals surface area contributed by atoms with Crippen LogP contribution in [0.2, 0.25) is 0 Å². The molecular formula is C22H22. The summed E-state index contributed by atoms with van der Waals surface area (Å²) < 4.78 is 0. The van der Waals surface area contributed by atoms with Crippen LogP contribution in [-0.4, -0.2) is 0 Å². The largest absolute Gasteiger partial charge is 0.0622 e. The molecule has 0 radical (unpaired) electrons. The maximum atomic E-state index is 2.36. The Morgan fingerprint density at radius 2 is 0.955 bits per heavy atom. The quantitative estimate of drug-likeness (QED) is 0.569. The Balaban J connectivity index is 2.16. The lowest BCUT2D eigenvalue weighted by Crippen LogP contribution is -2.30. The van der Waals surface area contributed by atoms with Gasteiger partial charge in [0.25, 0.3) is 0 Å². The van der Waals surface area contributed by atoms with Crippen LogP contribution < -0.4 is 0 Å². The van der Waals surface area contributed by atoms with Gasteiger partial charge in [-0.2, -0.15) is 0 Å². The Morgan fingerprint density at radius 3 is 1.36 bits per heavy atom. The lowest BCUT2D eigenvalue weighted by Gasteiger charge is -2.37. The van der Waals surface area contributed by atoms with E-state index in [0.29, 0.717) is 5.92 Å². The predicted octanol–water partition coefficient (Wildman–Crippen LogP) is 5.80. The minimum absolute atomic E-state index is 0.0517. The lowest BCUT2D eigenvalue weighted by molar-refractivity contribution is 0.474. The van der Waals surface area contributed by atoms with Crippen molar-refractivity contribution >= 4 is 0 Å². The van der Waals surface area contributed by atoms with Crippen LogP contribution in [0.25, 0.3) is 0 Å². The van der Waals surface area contributed by atoms with Crippen molar-refractivity contribution in [1.29, 1.82) is 0 Å². The summed E-state index contributed by atoms with van der Waals surface area (Å²) in [5, 5.41) is 0. The average molecular weight is 286 g/mol. The molecule has 0 saturated heterocycles.